The van der Waals surface area contributed by atoms with Crippen molar-refractivity contribution in [2.24, 2.45) is 0 Å². The summed E-state index contributed by atoms with van der Waals surface area (Å²) in [6, 6.07) is 5.66. The molecule has 0 aliphatic rings. The van der Waals surface area contributed by atoms with Crippen LogP contribution in [0.5, 0.6) is 0 Å². The van der Waals surface area contributed by atoms with Crippen LogP contribution in [0.2, 0.25) is 5.02 Å². The Morgan fingerprint density at radius 2 is 2.07 bits per heavy atom. The molecule has 0 saturated carbocycles. The Kier molecular flexibility index (Phi) is 3.40. The Morgan fingerprint density at radius 3 is 2.57 bits per heavy atom. The molecule has 1 aromatic carbocycles. The van der Waals surface area contributed by atoms with E-state index in [2.05, 4.69) is 5.32 Å². The summed E-state index contributed by atoms with van der Waals surface area (Å²) in [5.74, 6) is 0. The SMILES string of the molecule is Cc1cc(Cl)ccc1NC(C)(C)CO. The minimum atomic E-state index is -0.307. The van der Waals surface area contributed by atoms with Gasteiger partial charge in [0.15, 0.2) is 0 Å². The van der Waals surface area contributed by atoms with Crippen molar-refractivity contribution in [3.8, 4) is 0 Å². The number of nitrogens with one attached hydrogen (secondary N) is 1. The topological polar surface area (TPSA) is 32.3 Å². The summed E-state index contributed by atoms with van der Waals surface area (Å²) in [6.07, 6.45) is 0. The Hall–Kier alpha value is -0.730. The number of aliphatic hydroxyl groups is 1. The van der Waals surface area contributed by atoms with Crippen LogP contribution in [-0.2, 0) is 0 Å². The molecule has 78 valence electrons. The van der Waals surface area contributed by atoms with E-state index in [9.17, 15) is 0 Å². The lowest BCUT2D eigenvalue weighted by molar-refractivity contribution is 0.234. The van der Waals surface area contributed by atoms with Crippen LogP contribution in [0.4, 0.5) is 5.69 Å². The molecule has 0 bridgehead atoms. The molecule has 1 aromatic rings. The quantitative estimate of drug-likeness (QED) is 0.810. The van der Waals surface area contributed by atoms with Crippen molar-refractivity contribution >= 4 is 17.3 Å². The average Bonchev–Trinajstić information content (AvgIpc) is 2.10. The number of aliphatic hydroxyl groups excluding tert-OH is 1. The Labute approximate surface area is 89.9 Å². The third-order valence-electron chi connectivity index (χ3n) is 2.06. The number of hydrogen-bond donors (Lipinski definition) is 2. The van der Waals surface area contributed by atoms with Crippen LogP contribution < -0.4 is 5.32 Å². The lowest BCUT2D eigenvalue weighted by Gasteiger charge is -2.26. The van der Waals surface area contributed by atoms with Gasteiger partial charge in [-0.2, -0.15) is 0 Å². The summed E-state index contributed by atoms with van der Waals surface area (Å²) in [6.45, 7) is 5.97. The van der Waals surface area contributed by atoms with Gasteiger partial charge in [0.1, 0.15) is 0 Å². The van der Waals surface area contributed by atoms with Gasteiger partial charge in [0.25, 0.3) is 0 Å². The smallest absolute Gasteiger partial charge is 0.0656 e. The largest absolute Gasteiger partial charge is 0.394 e. The number of hydrogen-bond acceptors (Lipinski definition) is 2. The average molecular weight is 214 g/mol. The van der Waals surface area contributed by atoms with Crippen LogP contribution in [0.15, 0.2) is 18.2 Å². The molecule has 0 aliphatic heterocycles. The minimum absolute atomic E-state index is 0.0923. The van der Waals surface area contributed by atoms with E-state index in [4.69, 9.17) is 16.7 Å². The fraction of sp³-hybridized carbons (Fsp3) is 0.455. The fourth-order valence-electron chi connectivity index (χ4n) is 1.17. The molecule has 0 aromatic heterocycles. The maximum absolute atomic E-state index is 9.11. The van der Waals surface area contributed by atoms with Gasteiger partial charge in [0.05, 0.1) is 12.1 Å². The van der Waals surface area contributed by atoms with Crippen LogP contribution in [0, 0.1) is 6.92 Å². The van der Waals surface area contributed by atoms with Gasteiger partial charge in [0, 0.05) is 10.7 Å². The standard InChI is InChI=1S/C11H16ClNO/c1-8-6-9(12)4-5-10(8)13-11(2,3)7-14/h4-6,13-14H,7H2,1-3H3. The van der Waals surface area contributed by atoms with Crippen LogP contribution in [0.25, 0.3) is 0 Å². The number of benzene rings is 1. The van der Waals surface area contributed by atoms with Crippen molar-refractivity contribution < 1.29 is 5.11 Å². The molecule has 0 fully saturated rings. The monoisotopic (exact) mass is 213 g/mol. The maximum Gasteiger partial charge on any atom is 0.0656 e. The molecule has 0 amide bonds. The number of aryl methyl sites for hydroxylation is 1. The van der Waals surface area contributed by atoms with Crippen LogP contribution in [0.3, 0.4) is 0 Å². The van der Waals surface area contributed by atoms with E-state index >= 15 is 0 Å². The van der Waals surface area contributed by atoms with E-state index in [0.29, 0.717) is 0 Å². The van der Waals surface area contributed by atoms with Gasteiger partial charge in [0.2, 0.25) is 0 Å². The molecule has 1 rings (SSSR count). The molecule has 14 heavy (non-hydrogen) atoms. The maximum atomic E-state index is 9.11. The van der Waals surface area contributed by atoms with Crippen LogP contribution in [0.1, 0.15) is 19.4 Å². The second-order valence-electron chi connectivity index (χ2n) is 4.13. The first-order chi connectivity index (χ1) is 6.44. The van der Waals surface area contributed by atoms with Crippen molar-refractivity contribution in [3.63, 3.8) is 0 Å². The number of rotatable bonds is 3. The Morgan fingerprint density at radius 1 is 1.43 bits per heavy atom. The summed E-state index contributed by atoms with van der Waals surface area (Å²) < 4.78 is 0. The Balaban J connectivity index is 2.87. The second-order valence-corrected chi connectivity index (χ2v) is 4.56. The Bertz CT molecular complexity index is 323. The molecule has 0 atom stereocenters. The van der Waals surface area contributed by atoms with Crippen molar-refractivity contribution in [1.82, 2.24) is 0 Å². The zero-order valence-corrected chi connectivity index (χ0v) is 9.52. The molecular formula is C11H16ClNO. The normalized spacial score (nSPS) is 11.5. The zero-order valence-electron chi connectivity index (χ0n) is 8.76. The second kappa shape index (κ2) is 4.20. The van der Waals surface area contributed by atoms with Gasteiger partial charge in [-0.15, -0.1) is 0 Å². The molecule has 3 heteroatoms. The predicted octanol–water partition coefficient (Wildman–Crippen LogP) is 2.83. The molecule has 2 nitrogen and oxygen atoms in total. The first kappa shape index (κ1) is 11.3. The van der Waals surface area contributed by atoms with Crippen LogP contribution in [-0.4, -0.2) is 17.3 Å². The third kappa shape index (κ3) is 2.89. The van der Waals surface area contributed by atoms with Crippen LogP contribution >= 0.6 is 11.6 Å². The van der Waals surface area contributed by atoms with Gasteiger partial charge < -0.3 is 10.4 Å². The first-order valence-corrected chi connectivity index (χ1v) is 4.97. The summed E-state index contributed by atoms with van der Waals surface area (Å²) in [5.41, 5.74) is 1.78. The predicted molar refractivity (Wildman–Crippen MR) is 61.0 cm³/mol. The van der Waals surface area contributed by atoms with E-state index in [1.807, 2.05) is 39.0 Å². The van der Waals surface area contributed by atoms with Gasteiger partial charge in [-0.25, -0.2) is 0 Å². The zero-order chi connectivity index (χ0) is 10.8. The molecule has 2 N–H and O–H groups in total. The van der Waals surface area contributed by atoms with Gasteiger partial charge in [-0.05, 0) is 44.5 Å². The van der Waals surface area contributed by atoms with E-state index in [1.165, 1.54) is 0 Å². The minimum Gasteiger partial charge on any atom is -0.394 e. The fourth-order valence-corrected chi connectivity index (χ4v) is 1.40. The highest BCUT2D eigenvalue weighted by Crippen LogP contribution is 2.22. The van der Waals surface area contributed by atoms with Crippen molar-refractivity contribution in [2.75, 3.05) is 11.9 Å². The number of halogens is 1. The molecule has 0 saturated heterocycles. The molecule has 0 unspecified atom stereocenters. The molecule has 0 radical (unpaired) electrons. The lowest BCUT2D eigenvalue weighted by Crippen LogP contribution is -2.35. The van der Waals surface area contributed by atoms with Crippen molar-refractivity contribution in [3.05, 3.63) is 28.8 Å². The lowest BCUT2D eigenvalue weighted by atomic mass is 10.1. The summed E-state index contributed by atoms with van der Waals surface area (Å²) in [4.78, 5) is 0. The van der Waals surface area contributed by atoms with E-state index < -0.39 is 0 Å². The molecular weight excluding hydrogens is 198 g/mol. The van der Waals surface area contributed by atoms with Gasteiger partial charge >= 0.3 is 0 Å². The number of anilines is 1. The van der Waals surface area contributed by atoms with Gasteiger partial charge in [-0.3, -0.25) is 0 Å². The summed E-state index contributed by atoms with van der Waals surface area (Å²) >= 11 is 5.84. The van der Waals surface area contributed by atoms with E-state index in [0.717, 1.165) is 16.3 Å². The van der Waals surface area contributed by atoms with Gasteiger partial charge in [-0.1, -0.05) is 11.6 Å². The van der Waals surface area contributed by atoms with E-state index in [1.54, 1.807) is 0 Å². The molecule has 0 aliphatic carbocycles. The first-order valence-electron chi connectivity index (χ1n) is 4.60. The summed E-state index contributed by atoms with van der Waals surface area (Å²) in [7, 11) is 0. The van der Waals surface area contributed by atoms with Crippen molar-refractivity contribution in [2.45, 2.75) is 26.3 Å². The molecule has 0 heterocycles. The van der Waals surface area contributed by atoms with E-state index in [-0.39, 0.29) is 12.1 Å². The summed E-state index contributed by atoms with van der Waals surface area (Å²) in [5, 5.41) is 13.1. The highest BCUT2D eigenvalue weighted by atomic mass is 35.5. The highest BCUT2D eigenvalue weighted by Gasteiger charge is 2.16. The third-order valence-corrected chi connectivity index (χ3v) is 2.29. The highest BCUT2D eigenvalue weighted by molar-refractivity contribution is 6.30. The molecule has 0 spiro atoms. The van der Waals surface area contributed by atoms with Crippen molar-refractivity contribution in [1.29, 1.82) is 0 Å².